The monoisotopic (exact) mass is 440 g/mol. The molecule has 0 radical (unpaired) electrons. The van der Waals surface area contributed by atoms with Crippen molar-refractivity contribution in [2.45, 2.75) is 25.3 Å². The molecule has 162 valence electrons. The molecule has 3 aromatic rings. The molecule has 8 heteroatoms. The third kappa shape index (κ3) is 5.76. The minimum atomic E-state index is -3.78. The van der Waals surface area contributed by atoms with Crippen LogP contribution in [-0.2, 0) is 21.4 Å². The minimum Gasteiger partial charge on any atom is -0.495 e. The summed E-state index contributed by atoms with van der Waals surface area (Å²) in [5, 5.41) is 2.79. The van der Waals surface area contributed by atoms with Crippen LogP contribution in [0.2, 0.25) is 0 Å². The molecule has 31 heavy (non-hydrogen) atoms. The third-order valence-electron chi connectivity index (χ3n) is 4.57. The Morgan fingerprint density at radius 1 is 1.10 bits per heavy atom. The van der Waals surface area contributed by atoms with E-state index in [1.165, 1.54) is 25.3 Å². The highest BCUT2D eigenvalue weighted by molar-refractivity contribution is 7.92. The zero-order valence-electron chi connectivity index (χ0n) is 17.5. The largest absolute Gasteiger partial charge is 0.495 e. The van der Waals surface area contributed by atoms with Gasteiger partial charge in [0, 0.05) is 18.2 Å². The van der Waals surface area contributed by atoms with Crippen LogP contribution in [0.3, 0.4) is 0 Å². The number of benzene rings is 2. The van der Waals surface area contributed by atoms with E-state index in [-0.39, 0.29) is 10.8 Å². The van der Waals surface area contributed by atoms with Crippen molar-refractivity contribution in [2.75, 3.05) is 11.8 Å². The van der Waals surface area contributed by atoms with Gasteiger partial charge in [-0.1, -0.05) is 24.3 Å². The molecular formula is C23H24N2O5S. The lowest BCUT2D eigenvalue weighted by Crippen LogP contribution is -2.20. The standard InChI is InChI=1S/C23H24N2O5S/c1-16-14-19(17(2)30-16)15-24-23(26)13-10-18-8-11-20(12-9-18)31(27,28)25-21-6-4-5-7-22(21)29-3/h4-14,25H,15H2,1-3H3,(H,24,26)/b13-10+. The Hall–Kier alpha value is -3.52. The molecule has 0 fully saturated rings. The van der Waals surface area contributed by atoms with Gasteiger partial charge in [0.2, 0.25) is 5.91 Å². The first kappa shape index (κ1) is 22.2. The molecule has 1 amide bonds. The SMILES string of the molecule is COc1ccccc1NS(=O)(=O)c1ccc(/C=C/C(=O)NCc2cc(C)oc2C)cc1. The first-order valence-corrected chi connectivity index (χ1v) is 11.0. The molecule has 0 atom stereocenters. The number of furan rings is 1. The van der Waals surface area contributed by atoms with Crippen LogP contribution in [0.5, 0.6) is 5.75 Å². The lowest BCUT2D eigenvalue weighted by Gasteiger charge is -2.11. The molecule has 7 nitrogen and oxygen atoms in total. The average Bonchev–Trinajstić information content (AvgIpc) is 3.08. The number of aryl methyl sites for hydroxylation is 2. The number of para-hydroxylation sites is 2. The van der Waals surface area contributed by atoms with E-state index < -0.39 is 10.0 Å². The first-order valence-electron chi connectivity index (χ1n) is 9.56. The predicted octanol–water partition coefficient (Wildman–Crippen LogP) is 4.04. The molecule has 0 bridgehead atoms. The van der Waals surface area contributed by atoms with Gasteiger partial charge < -0.3 is 14.5 Å². The van der Waals surface area contributed by atoms with Gasteiger partial charge in [0.05, 0.1) is 17.7 Å². The number of rotatable bonds is 8. The van der Waals surface area contributed by atoms with Crippen LogP contribution < -0.4 is 14.8 Å². The summed E-state index contributed by atoms with van der Waals surface area (Å²) in [4.78, 5) is 12.2. The van der Waals surface area contributed by atoms with Crippen molar-refractivity contribution in [3.8, 4) is 5.75 Å². The molecule has 0 saturated carbocycles. The van der Waals surface area contributed by atoms with Gasteiger partial charge >= 0.3 is 0 Å². The van der Waals surface area contributed by atoms with Crippen molar-refractivity contribution in [1.29, 1.82) is 0 Å². The smallest absolute Gasteiger partial charge is 0.262 e. The van der Waals surface area contributed by atoms with Gasteiger partial charge in [0.25, 0.3) is 10.0 Å². The second-order valence-electron chi connectivity index (χ2n) is 6.86. The average molecular weight is 441 g/mol. The highest BCUT2D eigenvalue weighted by Crippen LogP contribution is 2.26. The molecule has 2 aromatic carbocycles. The summed E-state index contributed by atoms with van der Waals surface area (Å²) in [7, 11) is -2.30. The molecule has 0 aliphatic carbocycles. The van der Waals surface area contributed by atoms with Crippen molar-refractivity contribution >= 4 is 27.7 Å². The van der Waals surface area contributed by atoms with Crippen LogP contribution in [0.4, 0.5) is 5.69 Å². The van der Waals surface area contributed by atoms with Crippen LogP contribution in [-0.4, -0.2) is 21.4 Å². The second-order valence-corrected chi connectivity index (χ2v) is 8.55. The zero-order chi connectivity index (χ0) is 22.4. The number of nitrogens with one attached hydrogen (secondary N) is 2. The zero-order valence-corrected chi connectivity index (χ0v) is 18.3. The number of hydrogen-bond donors (Lipinski definition) is 2. The molecule has 3 rings (SSSR count). The van der Waals surface area contributed by atoms with Gasteiger partial charge in [0.15, 0.2) is 0 Å². The molecule has 0 aliphatic heterocycles. The molecule has 0 aliphatic rings. The normalized spacial score (nSPS) is 11.5. The fraction of sp³-hybridized carbons (Fsp3) is 0.174. The maximum Gasteiger partial charge on any atom is 0.262 e. The van der Waals surface area contributed by atoms with Crippen LogP contribution in [0.15, 0.2) is 70.0 Å². The van der Waals surface area contributed by atoms with Crippen LogP contribution in [0.25, 0.3) is 6.08 Å². The molecule has 1 aromatic heterocycles. The quantitative estimate of drug-likeness (QED) is 0.515. The Labute approximate surface area is 181 Å². The maximum atomic E-state index is 12.6. The Balaban J connectivity index is 1.62. The molecule has 1 heterocycles. The topological polar surface area (TPSA) is 97.6 Å². The van der Waals surface area contributed by atoms with E-state index in [0.29, 0.717) is 23.5 Å². The summed E-state index contributed by atoms with van der Waals surface area (Å²) >= 11 is 0. The van der Waals surface area contributed by atoms with Gasteiger partial charge in [-0.2, -0.15) is 0 Å². The molecular weight excluding hydrogens is 416 g/mol. The van der Waals surface area contributed by atoms with Gasteiger partial charge in [-0.3, -0.25) is 9.52 Å². The summed E-state index contributed by atoms with van der Waals surface area (Å²) in [5.41, 5.74) is 1.98. The number of anilines is 1. The maximum absolute atomic E-state index is 12.6. The summed E-state index contributed by atoms with van der Waals surface area (Å²) in [5.74, 6) is 1.75. The van der Waals surface area contributed by atoms with Crippen LogP contribution >= 0.6 is 0 Å². The highest BCUT2D eigenvalue weighted by atomic mass is 32.2. The van der Waals surface area contributed by atoms with E-state index in [1.54, 1.807) is 42.5 Å². The van der Waals surface area contributed by atoms with Crippen LogP contribution in [0.1, 0.15) is 22.6 Å². The van der Waals surface area contributed by atoms with E-state index in [0.717, 1.165) is 17.1 Å². The van der Waals surface area contributed by atoms with E-state index in [9.17, 15) is 13.2 Å². The van der Waals surface area contributed by atoms with Gasteiger partial charge in [-0.15, -0.1) is 0 Å². The Bertz CT molecular complexity index is 1190. The summed E-state index contributed by atoms with van der Waals surface area (Å²) < 4.78 is 38.4. The fourth-order valence-electron chi connectivity index (χ4n) is 2.96. The van der Waals surface area contributed by atoms with Gasteiger partial charge in [-0.25, -0.2) is 8.42 Å². The lowest BCUT2D eigenvalue weighted by atomic mass is 10.2. The number of hydrogen-bond acceptors (Lipinski definition) is 5. The van der Waals surface area contributed by atoms with E-state index in [2.05, 4.69) is 10.0 Å². The number of ether oxygens (including phenoxy) is 1. The fourth-order valence-corrected chi connectivity index (χ4v) is 4.03. The van der Waals surface area contributed by atoms with Gasteiger partial charge in [-0.05, 0) is 55.8 Å². The first-order chi connectivity index (χ1) is 14.8. The highest BCUT2D eigenvalue weighted by Gasteiger charge is 2.16. The minimum absolute atomic E-state index is 0.103. The van der Waals surface area contributed by atoms with E-state index >= 15 is 0 Å². The molecule has 0 unspecified atom stereocenters. The van der Waals surface area contributed by atoms with E-state index in [4.69, 9.17) is 9.15 Å². The molecule has 2 N–H and O–H groups in total. The Morgan fingerprint density at radius 2 is 1.81 bits per heavy atom. The van der Waals surface area contributed by atoms with Crippen LogP contribution in [0, 0.1) is 13.8 Å². The molecule has 0 saturated heterocycles. The summed E-state index contributed by atoms with van der Waals surface area (Å²) in [6.07, 6.45) is 3.02. The Kier molecular flexibility index (Phi) is 6.81. The summed E-state index contributed by atoms with van der Waals surface area (Å²) in [6, 6.07) is 14.9. The van der Waals surface area contributed by atoms with Crippen molar-refractivity contribution in [3.63, 3.8) is 0 Å². The van der Waals surface area contributed by atoms with E-state index in [1.807, 2.05) is 19.9 Å². The van der Waals surface area contributed by atoms with Crippen molar-refractivity contribution in [3.05, 3.63) is 83.3 Å². The second kappa shape index (κ2) is 9.53. The number of methoxy groups -OCH3 is 1. The number of amides is 1. The third-order valence-corrected chi connectivity index (χ3v) is 5.95. The van der Waals surface area contributed by atoms with Crippen molar-refractivity contribution in [1.82, 2.24) is 5.32 Å². The lowest BCUT2D eigenvalue weighted by molar-refractivity contribution is -0.116. The van der Waals surface area contributed by atoms with Crippen molar-refractivity contribution < 1.29 is 22.4 Å². The number of carbonyl (C=O) groups excluding carboxylic acids is 1. The summed E-state index contributed by atoms with van der Waals surface area (Å²) in [6.45, 7) is 4.08. The number of carbonyl (C=O) groups is 1. The predicted molar refractivity (Wildman–Crippen MR) is 119 cm³/mol. The van der Waals surface area contributed by atoms with Crippen molar-refractivity contribution in [2.24, 2.45) is 0 Å². The Morgan fingerprint density at radius 3 is 2.45 bits per heavy atom. The number of sulfonamides is 1. The molecule has 0 spiro atoms. The van der Waals surface area contributed by atoms with Gasteiger partial charge in [0.1, 0.15) is 17.3 Å².